The fraction of sp³-hybridized carbons (Fsp3) is 0.414. The summed E-state index contributed by atoms with van der Waals surface area (Å²) in [6.07, 6.45) is -13.2. The van der Waals surface area contributed by atoms with E-state index in [1.54, 1.807) is 0 Å². The van der Waals surface area contributed by atoms with Crippen molar-refractivity contribution in [3.63, 3.8) is 0 Å². The van der Waals surface area contributed by atoms with Crippen molar-refractivity contribution < 1.29 is 78.5 Å². The highest BCUT2D eigenvalue weighted by molar-refractivity contribution is 5.90. The van der Waals surface area contributed by atoms with Gasteiger partial charge in [0.15, 0.2) is 17.8 Å². The van der Waals surface area contributed by atoms with E-state index in [2.05, 4.69) is 0 Å². The molecule has 0 radical (unpaired) electrons. The molecule has 0 bridgehead atoms. The molecular weight excluding hydrogens is 620 g/mol. The van der Waals surface area contributed by atoms with E-state index >= 15 is 0 Å². The van der Waals surface area contributed by atoms with Crippen LogP contribution in [0.15, 0.2) is 51.7 Å². The number of phenols is 2. The first-order valence-corrected chi connectivity index (χ1v) is 13.7. The topological polar surface area (TPSA) is 272 Å². The van der Waals surface area contributed by atoms with Crippen molar-refractivity contribution in [2.24, 2.45) is 0 Å². The second kappa shape index (κ2) is 13.2. The van der Waals surface area contributed by atoms with Gasteiger partial charge in [-0.05, 0) is 24.3 Å². The fourth-order valence-electron chi connectivity index (χ4n) is 4.91. The summed E-state index contributed by atoms with van der Waals surface area (Å²) in [5, 5.41) is 80.9. The van der Waals surface area contributed by atoms with Crippen molar-refractivity contribution in [2.75, 3.05) is 19.8 Å². The first-order valence-electron chi connectivity index (χ1n) is 13.7. The van der Waals surface area contributed by atoms with E-state index in [1.165, 1.54) is 30.3 Å². The number of hydrogen-bond acceptors (Lipinski definition) is 16. The first kappa shape index (κ1) is 33.0. The molecule has 3 aromatic rings. The summed E-state index contributed by atoms with van der Waals surface area (Å²) < 4.78 is 33.1. The Morgan fingerprint density at radius 3 is 2.37 bits per heavy atom. The quantitative estimate of drug-likeness (QED) is 0.0919. The lowest BCUT2D eigenvalue weighted by Crippen LogP contribution is -2.62. The number of carboxylic acid groups (broad SMARTS) is 1. The molecule has 2 aliphatic rings. The van der Waals surface area contributed by atoms with E-state index < -0.39 is 98.1 Å². The molecule has 2 fully saturated rings. The number of ether oxygens (including phenoxy) is 5. The van der Waals surface area contributed by atoms with E-state index in [-0.39, 0.29) is 28.2 Å². The number of aliphatic hydroxyl groups is 5. The highest BCUT2D eigenvalue weighted by Gasteiger charge is 2.53. The molecule has 3 heterocycles. The SMILES string of the molecule is O=C(O)CC(=O)OC[C@H]1O[C@@H](Oc2cc(O)c3c(=O)cc(-c4ccc(O)cc4)oc3c2)[C@H](O[C@@H]2OC[C@](O)(CO)[C@H]2O)[C@@H](O)[C@@H]1O. The molecule has 1 aromatic heterocycles. The van der Waals surface area contributed by atoms with Gasteiger partial charge in [-0.15, -0.1) is 0 Å². The number of rotatable bonds is 10. The molecular formula is C29H30O17. The van der Waals surface area contributed by atoms with Gasteiger partial charge in [0.25, 0.3) is 0 Å². The van der Waals surface area contributed by atoms with E-state index in [4.69, 9.17) is 33.2 Å². The number of aromatic hydroxyl groups is 2. The van der Waals surface area contributed by atoms with Gasteiger partial charge >= 0.3 is 11.9 Å². The zero-order chi connectivity index (χ0) is 33.3. The van der Waals surface area contributed by atoms with Gasteiger partial charge in [-0.3, -0.25) is 14.4 Å². The van der Waals surface area contributed by atoms with Crippen molar-refractivity contribution >= 4 is 22.9 Å². The van der Waals surface area contributed by atoms with Gasteiger partial charge in [0.1, 0.15) is 77.0 Å². The van der Waals surface area contributed by atoms with Gasteiger partial charge < -0.3 is 69.0 Å². The number of hydrogen-bond donors (Lipinski definition) is 8. The summed E-state index contributed by atoms with van der Waals surface area (Å²) in [4.78, 5) is 35.5. The van der Waals surface area contributed by atoms with Gasteiger partial charge in [0.2, 0.25) is 6.29 Å². The molecule has 17 nitrogen and oxygen atoms in total. The van der Waals surface area contributed by atoms with E-state index in [1.807, 2.05) is 0 Å². The van der Waals surface area contributed by atoms with E-state index in [9.17, 15) is 50.1 Å². The van der Waals surface area contributed by atoms with Crippen LogP contribution < -0.4 is 10.2 Å². The Hall–Kier alpha value is -4.33. The number of carbonyl (C=O) groups excluding carboxylic acids is 1. The van der Waals surface area contributed by atoms with Crippen molar-refractivity contribution in [1.29, 1.82) is 0 Å². The second-order valence-corrected chi connectivity index (χ2v) is 10.7. The number of esters is 1. The first-order chi connectivity index (χ1) is 21.8. The van der Waals surface area contributed by atoms with Gasteiger partial charge in [0.05, 0.1) is 13.2 Å². The summed E-state index contributed by atoms with van der Waals surface area (Å²) in [7, 11) is 0. The Balaban J connectivity index is 1.46. The third-order valence-electron chi connectivity index (χ3n) is 7.41. The predicted molar refractivity (Wildman–Crippen MR) is 148 cm³/mol. The summed E-state index contributed by atoms with van der Waals surface area (Å²) in [6.45, 7) is -2.20. The van der Waals surface area contributed by atoms with Crippen LogP contribution in [0.4, 0.5) is 0 Å². The molecule has 248 valence electrons. The van der Waals surface area contributed by atoms with E-state index in [0.29, 0.717) is 5.56 Å². The van der Waals surface area contributed by atoms with Crippen LogP contribution >= 0.6 is 0 Å². The Bertz CT molecular complexity index is 1640. The van der Waals surface area contributed by atoms with Crippen molar-refractivity contribution in [1.82, 2.24) is 0 Å². The molecule has 8 N–H and O–H groups in total. The van der Waals surface area contributed by atoms with Crippen LogP contribution in [0.25, 0.3) is 22.3 Å². The number of fused-ring (bicyclic) bond motifs is 1. The summed E-state index contributed by atoms with van der Waals surface area (Å²) in [5.74, 6) is -3.39. The summed E-state index contributed by atoms with van der Waals surface area (Å²) in [5.41, 5.74) is -2.46. The smallest absolute Gasteiger partial charge is 0.317 e. The Kier molecular flexibility index (Phi) is 9.47. The van der Waals surface area contributed by atoms with Crippen LogP contribution in [0.2, 0.25) is 0 Å². The van der Waals surface area contributed by atoms with Crippen LogP contribution in [0.3, 0.4) is 0 Å². The molecule has 46 heavy (non-hydrogen) atoms. The van der Waals surface area contributed by atoms with Crippen LogP contribution in [0.1, 0.15) is 6.42 Å². The minimum absolute atomic E-state index is 0.0247. The standard InChI is InChI=1S/C29H30O17/c30-10-29(40)11-42-28(26(29)39)46-25-24(38)23(37)19(9-41-21(36)8-20(34)35)45-27(25)43-14-5-15(32)22-16(33)7-17(44-18(22)6-14)12-1-3-13(31)4-2-12/h1-7,19,23-28,30-32,37-40H,8-11H2,(H,34,35)/t19-,23-,24+,25-,26+,27-,28+,29-/m1/s1. The molecule has 2 aromatic carbocycles. The Morgan fingerprint density at radius 2 is 1.72 bits per heavy atom. The van der Waals surface area contributed by atoms with Crippen LogP contribution in [-0.4, -0.2) is 121 Å². The molecule has 0 unspecified atom stereocenters. The van der Waals surface area contributed by atoms with Crippen LogP contribution in [0, 0.1) is 0 Å². The lowest BCUT2D eigenvalue weighted by Gasteiger charge is -2.42. The third-order valence-corrected chi connectivity index (χ3v) is 7.41. The van der Waals surface area contributed by atoms with Gasteiger partial charge in [-0.2, -0.15) is 0 Å². The molecule has 5 rings (SSSR count). The molecule has 0 saturated carbocycles. The Morgan fingerprint density at radius 1 is 1.00 bits per heavy atom. The lowest BCUT2D eigenvalue weighted by molar-refractivity contribution is -0.319. The van der Waals surface area contributed by atoms with Crippen molar-refractivity contribution in [3.05, 3.63) is 52.7 Å². The number of carboxylic acids is 1. The van der Waals surface area contributed by atoms with E-state index in [0.717, 1.165) is 12.1 Å². The average molecular weight is 651 g/mol. The average Bonchev–Trinajstić information content (AvgIpc) is 3.28. The fourth-order valence-corrected chi connectivity index (χ4v) is 4.91. The van der Waals surface area contributed by atoms with Gasteiger partial charge in [-0.1, -0.05) is 0 Å². The number of phenolic OH excluding ortho intramolecular Hbond substituents is 2. The molecule has 2 saturated heterocycles. The number of aliphatic carboxylic acids is 1. The molecule has 2 aliphatic heterocycles. The predicted octanol–water partition coefficient (Wildman–Crippen LogP) is -1.46. The highest BCUT2D eigenvalue weighted by Crippen LogP contribution is 2.35. The van der Waals surface area contributed by atoms with Gasteiger partial charge in [0, 0.05) is 23.8 Å². The number of aliphatic hydroxyl groups excluding tert-OH is 4. The molecule has 17 heteroatoms. The van der Waals surface area contributed by atoms with Crippen molar-refractivity contribution in [2.45, 2.75) is 55.1 Å². The molecule has 0 aliphatic carbocycles. The van der Waals surface area contributed by atoms with Crippen molar-refractivity contribution in [3.8, 4) is 28.6 Å². The minimum atomic E-state index is -2.11. The zero-order valence-electron chi connectivity index (χ0n) is 23.7. The summed E-state index contributed by atoms with van der Waals surface area (Å²) in [6, 6.07) is 9.08. The number of carbonyl (C=O) groups is 2. The normalized spacial score (nSPS) is 29.5. The number of benzene rings is 2. The monoisotopic (exact) mass is 650 g/mol. The lowest BCUT2D eigenvalue weighted by atomic mass is 9.98. The molecule has 0 spiro atoms. The van der Waals surface area contributed by atoms with Crippen LogP contribution in [-0.2, 0) is 28.5 Å². The van der Waals surface area contributed by atoms with Crippen LogP contribution in [0.5, 0.6) is 17.2 Å². The van der Waals surface area contributed by atoms with Gasteiger partial charge in [-0.25, -0.2) is 0 Å². The maximum absolute atomic E-state index is 12.9. The zero-order valence-corrected chi connectivity index (χ0v) is 23.7. The maximum Gasteiger partial charge on any atom is 0.317 e. The highest BCUT2D eigenvalue weighted by atomic mass is 16.8. The summed E-state index contributed by atoms with van der Waals surface area (Å²) >= 11 is 0. The minimum Gasteiger partial charge on any atom is -0.508 e. The largest absolute Gasteiger partial charge is 0.508 e. The second-order valence-electron chi connectivity index (χ2n) is 10.7. The Labute approximate surface area is 257 Å². The maximum atomic E-state index is 12.9. The molecule has 8 atom stereocenters. The third kappa shape index (κ3) is 6.76. The molecule has 0 amide bonds.